The lowest BCUT2D eigenvalue weighted by atomic mass is 10.0. The molecule has 2 rings (SSSR count). The van der Waals surface area contributed by atoms with Gasteiger partial charge in [-0.25, -0.2) is 4.79 Å². The summed E-state index contributed by atoms with van der Waals surface area (Å²) < 4.78 is 10.9. The zero-order chi connectivity index (χ0) is 16.8. The molecule has 0 bridgehead atoms. The largest absolute Gasteiger partial charge is 0.466 e. The van der Waals surface area contributed by atoms with E-state index in [1.165, 1.54) is 0 Å². The molecule has 3 N–H and O–H groups in total. The number of hydrogen-bond donors (Lipinski definition) is 3. The van der Waals surface area contributed by atoms with E-state index >= 15 is 0 Å². The maximum absolute atomic E-state index is 12.2. The van der Waals surface area contributed by atoms with E-state index in [2.05, 4.69) is 10.6 Å². The smallest absolute Gasteiger partial charge is 0.337 e. The first-order valence-electron chi connectivity index (χ1n) is 7.69. The van der Waals surface area contributed by atoms with Crippen molar-refractivity contribution in [2.75, 3.05) is 13.2 Å². The molecular formula is C16H22N2O4S. The highest BCUT2D eigenvalue weighted by Gasteiger charge is 2.28. The van der Waals surface area contributed by atoms with E-state index in [0.29, 0.717) is 29.4 Å². The van der Waals surface area contributed by atoms with Gasteiger partial charge in [0.2, 0.25) is 0 Å². The molecule has 1 aliphatic heterocycles. The molecule has 0 amide bonds. The Morgan fingerprint density at radius 3 is 2.83 bits per heavy atom. The van der Waals surface area contributed by atoms with Gasteiger partial charge in [0.1, 0.15) is 11.5 Å². The number of carbonyl (C=O) groups excluding carboxylic acids is 1. The van der Waals surface area contributed by atoms with Gasteiger partial charge in [-0.15, -0.1) is 0 Å². The van der Waals surface area contributed by atoms with Gasteiger partial charge in [0.05, 0.1) is 24.8 Å². The molecule has 1 aliphatic rings. The number of carbonyl (C=O) groups is 1. The Balaban J connectivity index is 1.84. The molecule has 1 unspecified atom stereocenters. The van der Waals surface area contributed by atoms with Crippen molar-refractivity contribution in [3.8, 4) is 0 Å². The van der Waals surface area contributed by atoms with Gasteiger partial charge in [0, 0.05) is 18.5 Å². The lowest BCUT2D eigenvalue weighted by Crippen LogP contribution is -2.51. The number of aryl methyl sites for hydroxylation is 2. The molecule has 2 heterocycles. The van der Waals surface area contributed by atoms with Crippen LogP contribution in [0.1, 0.15) is 31.8 Å². The number of aliphatic hydroxyl groups is 1. The van der Waals surface area contributed by atoms with Crippen LogP contribution in [-0.4, -0.2) is 35.4 Å². The van der Waals surface area contributed by atoms with E-state index < -0.39 is 12.0 Å². The summed E-state index contributed by atoms with van der Waals surface area (Å²) in [6.07, 6.45) is 2.26. The van der Waals surface area contributed by atoms with Crippen LogP contribution in [0.3, 0.4) is 0 Å². The standard InChI is InChI=1S/C16H22N2O4S/c1-3-11-6-7-12(22-11)5-4-8-21-15(20)14-10(2)17-16(23)18-13(14)9-19/h6-7,13,19H,3-5,8-9H2,1-2H3,(H2,17,18,23). The molecule has 0 aromatic carbocycles. The minimum Gasteiger partial charge on any atom is -0.466 e. The molecule has 0 radical (unpaired) electrons. The monoisotopic (exact) mass is 338 g/mol. The van der Waals surface area contributed by atoms with E-state index in [4.69, 9.17) is 21.4 Å². The van der Waals surface area contributed by atoms with Crippen molar-refractivity contribution in [1.29, 1.82) is 0 Å². The Kier molecular flexibility index (Phi) is 6.18. The molecule has 0 aliphatic carbocycles. The van der Waals surface area contributed by atoms with Crippen LogP contribution in [0.5, 0.6) is 0 Å². The van der Waals surface area contributed by atoms with Crippen molar-refractivity contribution < 1.29 is 19.1 Å². The van der Waals surface area contributed by atoms with Gasteiger partial charge in [-0.05, 0) is 37.7 Å². The van der Waals surface area contributed by atoms with Crippen LogP contribution < -0.4 is 10.6 Å². The molecule has 6 nitrogen and oxygen atoms in total. The number of allylic oxidation sites excluding steroid dienone is 1. The Bertz CT molecular complexity index is 609. The van der Waals surface area contributed by atoms with Gasteiger partial charge < -0.3 is 24.9 Å². The highest BCUT2D eigenvalue weighted by atomic mass is 32.1. The number of nitrogens with one attached hydrogen (secondary N) is 2. The van der Waals surface area contributed by atoms with Crippen molar-refractivity contribution >= 4 is 23.3 Å². The van der Waals surface area contributed by atoms with Gasteiger partial charge in [-0.3, -0.25) is 0 Å². The lowest BCUT2D eigenvalue weighted by Gasteiger charge is -2.28. The Morgan fingerprint density at radius 2 is 2.17 bits per heavy atom. The highest BCUT2D eigenvalue weighted by molar-refractivity contribution is 7.80. The van der Waals surface area contributed by atoms with Crippen molar-refractivity contribution in [3.05, 3.63) is 34.9 Å². The normalized spacial score (nSPS) is 17.7. The molecule has 0 spiro atoms. The summed E-state index contributed by atoms with van der Waals surface area (Å²) in [5, 5.41) is 15.5. The SMILES string of the molecule is CCc1ccc(CCCOC(=O)C2=C(C)NC(=S)NC2CO)o1. The fraction of sp³-hybridized carbons (Fsp3) is 0.500. The third-order valence-electron chi connectivity index (χ3n) is 3.63. The summed E-state index contributed by atoms with van der Waals surface area (Å²) in [6, 6.07) is 3.38. The van der Waals surface area contributed by atoms with Crippen LogP contribution in [0.4, 0.5) is 0 Å². The predicted molar refractivity (Wildman–Crippen MR) is 89.8 cm³/mol. The second-order valence-corrected chi connectivity index (χ2v) is 5.74. The number of esters is 1. The summed E-state index contributed by atoms with van der Waals surface area (Å²) in [7, 11) is 0. The first kappa shape index (κ1) is 17.5. The van der Waals surface area contributed by atoms with Crippen LogP contribution in [0.15, 0.2) is 27.8 Å². The molecule has 23 heavy (non-hydrogen) atoms. The van der Waals surface area contributed by atoms with E-state index in [-0.39, 0.29) is 6.61 Å². The molecule has 0 saturated heterocycles. The zero-order valence-electron chi connectivity index (χ0n) is 13.3. The van der Waals surface area contributed by atoms with Crippen LogP contribution in [0, 0.1) is 0 Å². The minimum absolute atomic E-state index is 0.226. The Morgan fingerprint density at radius 1 is 1.43 bits per heavy atom. The quantitative estimate of drug-likeness (QED) is 0.394. The number of thiocarbonyl (C=S) groups is 1. The molecule has 126 valence electrons. The van der Waals surface area contributed by atoms with E-state index in [1.807, 2.05) is 19.1 Å². The molecule has 1 aromatic heterocycles. The van der Waals surface area contributed by atoms with Crippen molar-refractivity contribution in [1.82, 2.24) is 10.6 Å². The summed E-state index contributed by atoms with van der Waals surface area (Å²) >= 11 is 5.01. The molecule has 1 aromatic rings. The van der Waals surface area contributed by atoms with Gasteiger partial charge in [0.15, 0.2) is 5.11 Å². The number of ether oxygens (including phenoxy) is 1. The minimum atomic E-state index is -0.534. The van der Waals surface area contributed by atoms with Crippen LogP contribution in [0.25, 0.3) is 0 Å². The molecule has 0 fully saturated rings. The highest BCUT2D eigenvalue weighted by Crippen LogP contribution is 2.15. The summed E-state index contributed by atoms with van der Waals surface area (Å²) in [5.74, 6) is 1.41. The lowest BCUT2D eigenvalue weighted by molar-refractivity contribution is -0.139. The summed E-state index contributed by atoms with van der Waals surface area (Å²) in [4.78, 5) is 12.2. The summed E-state index contributed by atoms with van der Waals surface area (Å²) in [6.45, 7) is 3.84. The molecule has 7 heteroatoms. The van der Waals surface area contributed by atoms with E-state index in [0.717, 1.165) is 24.4 Å². The molecule has 0 saturated carbocycles. The third kappa shape index (κ3) is 4.56. The van der Waals surface area contributed by atoms with Crippen molar-refractivity contribution in [2.45, 2.75) is 39.2 Å². The van der Waals surface area contributed by atoms with Gasteiger partial charge in [-0.2, -0.15) is 0 Å². The molecular weight excluding hydrogens is 316 g/mol. The first-order valence-corrected chi connectivity index (χ1v) is 8.09. The van der Waals surface area contributed by atoms with Crippen LogP contribution in [-0.2, 0) is 22.4 Å². The number of aliphatic hydroxyl groups excluding tert-OH is 1. The van der Waals surface area contributed by atoms with E-state index in [1.54, 1.807) is 6.92 Å². The third-order valence-corrected chi connectivity index (χ3v) is 3.85. The second-order valence-electron chi connectivity index (χ2n) is 5.33. The second kappa shape index (κ2) is 8.12. The maximum Gasteiger partial charge on any atom is 0.337 e. The van der Waals surface area contributed by atoms with Gasteiger partial charge in [0.25, 0.3) is 0 Å². The maximum atomic E-state index is 12.2. The first-order chi connectivity index (χ1) is 11.0. The number of furan rings is 1. The number of hydrogen-bond acceptors (Lipinski definition) is 5. The average molecular weight is 338 g/mol. The fourth-order valence-electron chi connectivity index (χ4n) is 2.43. The fourth-order valence-corrected chi connectivity index (χ4v) is 2.73. The topological polar surface area (TPSA) is 83.7 Å². The van der Waals surface area contributed by atoms with Crippen molar-refractivity contribution in [3.63, 3.8) is 0 Å². The number of rotatable bonds is 7. The predicted octanol–water partition coefficient (Wildman–Crippen LogP) is 1.43. The Labute approximate surface area is 140 Å². The van der Waals surface area contributed by atoms with Crippen molar-refractivity contribution in [2.24, 2.45) is 0 Å². The van der Waals surface area contributed by atoms with Gasteiger partial charge >= 0.3 is 5.97 Å². The van der Waals surface area contributed by atoms with E-state index in [9.17, 15) is 9.90 Å². The average Bonchev–Trinajstić information content (AvgIpc) is 2.98. The van der Waals surface area contributed by atoms with Gasteiger partial charge in [-0.1, -0.05) is 6.92 Å². The Hall–Kier alpha value is -1.86. The zero-order valence-corrected chi connectivity index (χ0v) is 14.2. The van der Waals surface area contributed by atoms with Crippen LogP contribution >= 0.6 is 12.2 Å². The molecule has 1 atom stereocenters. The summed E-state index contributed by atoms with van der Waals surface area (Å²) in [5.41, 5.74) is 0.990. The van der Waals surface area contributed by atoms with Crippen LogP contribution in [0.2, 0.25) is 0 Å².